The summed E-state index contributed by atoms with van der Waals surface area (Å²) in [6.07, 6.45) is 2.36. The van der Waals surface area contributed by atoms with Crippen molar-refractivity contribution >= 4 is 12.0 Å². The van der Waals surface area contributed by atoms with Crippen molar-refractivity contribution in [1.29, 1.82) is 0 Å². The minimum Gasteiger partial charge on any atom is -0.394 e. The van der Waals surface area contributed by atoms with Gasteiger partial charge in [-0.15, -0.1) is 0 Å². The molecule has 2 aromatic rings. The summed E-state index contributed by atoms with van der Waals surface area (Å²) in [5.74, 6) is -1.46. The molecule has 1 aliphatic heterocycles. The van der Waals surface area contributed by atoms with Gasteiger partial charge in [-0.3, -0.25) is 0 Å². The number of carbonyl (C=O) groups excluding carboxylic acids is 1. The molecule has 1 aromatic carbocycles. The van der Waals surface area contributed by atoms with E-state index in [4.69, 9.17) is 5.11 Å². The van der Waals surface area contributed by atoms with E-state index in [0.29, 0.717) is 31.0 Å². The van der Waals surface area contributed by atoms with E-state index in [1.54, 1.807) is 18.0 Å². The number of rotatable bonds is 5. The number of hydrogen-bond donors (Lipinski definition) is 3. The summed E-state index contributed by atoms with van der Waals surface area (Å²) in [6.45, 7) is 2.70. The Morgan fingerprint density at radius 2 is 2.19 bits per heavy atom. The average molecular weight is 377 g/mol. The van der Waals surface area contributed by atoms with Crippen LogP contribution >= 0.6 is 0 Å². The number of nitrogens with one attached hydrogen (secondary N) is 2. The van der Waals surface area contributed by atoms with Crippen LogP contribution in [0.25, 0.3) is 0 Å². The molecule has 0 fully saturated rings. The molecule has 2 heterocycles. The van der Waals surface area contributed by atoms with Crippen LogP contribution in [0.4, 0.5) is 19.5 Å². The molecule has 0 saturated heterocycles. The molecule has 0 unspecified atom stereocenters. The highest BCUT2D eigenvalue weighted by Crippen LogP contribution is 2.18. The van der Waals surface area contributed by atoms with Crippen LogP contribution in [0.15, 0.2) is 24.4 Å². The molecule has 3 N–H and O–H groups in total. The topological polar surface area (TPSA) is 90.4 Å². The van der Waals surface area contributed by atoms with Crippen LogP contribution in [-0.2, 0) is 19.5 Å². The fourth-order valence-electron chi connectivity index (χ4n) is 2.75. The van der Waals surface area contributed by atoms with E-state index < -0.39 is 11.6 Å². The lowest BCUT2D eigenvalue weighted by Crippen LogP contribution is -2.42. The lowest BCUT2D eigenvalue weighted by molar-refractivity contribution is 0.191. The number of halogens is 2. The maximum atomic E-state index is 13.2. The second kappa shape index (κ2) is 8.26. The SMILES string of the molecule is C[C@@H](CO)Nc1ncc2c(n1)CN(C(=O)NCc1ccc(F)c(F)c1)CC2. The minimum atomic E-state index is -0.942. The van der Waals surface area contributed by atoms with E-state index in [1.165, 1.54) is 6.07 Å². The Hall–Kier alpha value is -2.81. The van der Waals surface area contributed by atoms with Crippen molar-refractivity contribution in [1.82, 2.24) is 20.2 Å². The second-order valence-electron chi connectivity index (χ2n) is 6.47. The number of benzene rings is 1. The molecule has 1 aromatic heterocycles. The molecular formula is C18H21F2N5O2. The Morgan fingerprint density at radius 1 is 1.37 bits per heavy atom. The molecule has 2 amide bonds. The maximum Gasteiger partial charge on any atom is 0.318 e. The molecule has 144 valence electrons. The van der Waals surface area contributed by atoms with Crippen LogP contribution in [0.2, 0.25) is 0 Å². The van der Waals surface area contributed by atoms with Crippen LogP contribution in [0.3, 0.4) is 0 Å². The Bertz CT molecular complexity index is 833. The van der Waals surface area contributed by atoms with E-state index in [2.05, 4.69) is 20.6 Å². The number of aliphatic hydroxyl groups excluding tert-OH is 1. The van der Waals surface area contributed by atoms with Gasteiger partial charge in [0.25, 0.3) is 0 Å². The Kier molecular flexibility index (Phi) is 5.80. The molecule has 3 rings (SSSR count). The Labute approximate surface area is 155 Å². The highest BCUT2D eigenvalue weighted by Gasteiger charge is 2.22. The first-order chi connectivity index (χ1) is 13.0. The molecule has 27 heavy (non-hydrogen) atoms. The third kappa shape index (κ3) is 4.68. The van der Waals surface area contributed by atoms with E-state index in [9.17, 15) is 13.6 Å². The number of hydrogen-bond acceptors (Lipinski definition) is 5. The van der Waals surface area contributed by atoms with Gasteiger partial charge in [-0.1, -0.05) is 6.07 Å². The summed E-state index contributed by atoms with van der Waals surface area (Å²) in [7, 11) is 0. The van der Waals surface area contributed by atoms with Crippen LogP contribution in [0.5, 0.6) is 0 Å². The van der Waals surface area contributed by atoms with Gasteiger partial charge in [0, 0.05) is 25.3 Å². The number of aromatic nitrogens is 2. The summed E-state index contributed by atoms with van der Waals surface area (Å²) < 4.78 is 26.2. The van der Waals surface area contributed by atoms with Crippen LogP contribution in [0, 0.1) is 11.6 Å². The highest BCUT2D eigenvalue weighted by molar-refractivity contribution is 5.74. The molecule has 1 atom stereocenters. The van der Waals surface area contributed by atoms with E-state index in [-0.39, 0.29) is 25.2 Å². The van der Waals surface area contributed by atoms with Crippen LogP contribution in [0.1, 0.15) is 23.7 Å². The monoisotopic (exact) mass is 377 g/mol. The summed E-state index contributed by atoms with van der Waals surface area (Å²) in [6, 6.07) is 3.04. The zero-order chi connectivity index (χ0) is 19.4. The highest BCUT2D eigenvalue weighted by atomic mass is 19.2. The quantitative estimate of drug-likeness (QED) is 0.740. The van der Waals surface area contributed by atoms with Crippen molar-refractivity contribution in [3.8, 4) is 0 Å². The van der Waals surface area contributed by atoms with Gasteiger partial charge in [0.1, 0.15) is 0 Å². The van der Waals surface area contributed by atoms with Gasteiger partial charge in [-0.05, 0) is 36.6 Å². The molecule has 0 spiro atoms. The normalized spacial score (nSPS) is 14.4. The van der Waals surface area contributed by atoms with E-state index in [0.717, 1.165) is 23.4 Å². The fraction of sp³-hybridized carbons (Fsp3) is 0.389. The number of amides is 2. The van der Waals surface area contributed by atoms with Crippen molar-refractivity contribution in [3.63, 3.8) is 0 Å². The maximum absolute atomic E-state index is 13.2. The van der Waals surface area contributed by atoms with E-state index >= 15 is 0 Å². The number of nitrogens with zero attached hydrogens (tertiary/aromatic N) is 3. The molecule has 9 heteroatoms. The largest absolute Gasteiger partial charge is 0.394 e. The summed E-state index contributed by atoms with van der Waals surface area (Å²) in [5.41, 5.74) is 2.19. The molecule has 1 aliphatic rings. The number of fused-ring (bicyclic) bond motifs is 1. The average Bonchev–Trinajstić information content (AvgIpc) is 2.68. The molecule has 7 nitrogen and oxygen atoms in total. The Morgan fingerprint density at radius 3 is 2.93 bits per heavy atom. The molecule has 0 radical (unpaired) electrons. The second-order valence-corrected chi connectivity index (χ2v) is 6.47. The van der Waals surface area contributed by atoms with Gasteiger partial charge in [-0.25, -0.2) is 23.5 Å². The standard InChI is InChI=1S/C18H21F2N5O2/c1-11(10-26)23-17-21-8-13-4-5-25(9-16(13)24-17)18(27)22-7-12-2-3-14(19)15(20)6-12/h2-3,6,8,11,26H,4-5,7,9-10H2,1H3,(H,22,27)(H,21,23,24)/t11-/m0/s1. The number of anilines is 1. The summed E-state index contributed by atoms with van der Waals surface area (Å²) in [4.78, 5) is 22.7. The zero-order valence-electron chi connectivity index (χ0n) is 14.9. The van der Waals surface area contributed by atoms with Crippen LogP contribution in [-0.4, -0.2) is 45.2 Å². The van der Waals surface area contributed by atoms with Crippen molar-refractivity contribution < 1.29 is 18.7 Å². The zero-order valence-corrected chi connectivity index (χ0v) is 14.9. The minimum absolute atomic E-state index is 0.0427. The van der Waals surface area contributed by atoms with Gasteiger partial charge in [0.2, 0.25) is 5.95 Å². The van der Waals surface area contributed by atoms with Crippen molar-refractivity contribution in [2.45, 2.75) is 32.5 Å². The van der Waals surface area contributed by atoms with E-state index in [1.807, 2.05) is 0 Å². The lowest BCUT2D eigenvalue weighted by atomic mass is 10.1. The number of urea groups is 1. The van der Waals surface area contributed by atoms with Gasteiger partial charge >= 0.3 is 6.03 Å². The molecule has 0 bridgehead atoms. The first-order valence-electron chi connectivity index (χ1n) is 8.65. The predicted octanol–water partition coefficient (Wildman–Crippen LogP) is 1.82. The first kappa shape index (κ1) is 19.0. The van der Waals surface area contributed by atoms with Crippen molar-refractivity contribution in [3.05, 3.63) is 52.9 Å². The van der Waals surface area contributed by atoms with Crippen LogP contribution < -0.4 is 10.6 Å². The van der Waals surface area contributed by atoms with Crippen molar-refractivity contribution in [2.24, 2.45) is 0 Å². The smallest absolute Gasteiger partial charge is 0.318 e. The van der Waals surface area contributed by atoms with Gasteiger partial charge < -0.3 is 20.6 Å². The third-order valence-electron chi connectivity index (χ3n) is 4.31. The van der Waals surface area contributed by atoms with Gasteiger partial charge in [-0.2, -0.15) is 0 Å². The summed E-state index contributed by atoms with van der Waals surface area (Å²) in [5, 5.41) is 14.8. The number of aliphatic hydroxyl groups is 1. The molecular weight excluding hydrogens is 356 g/mol. The van der Waals surface area contributed by atoms with Gasteiger partial charge in [0.15, 0.2) is 11.6 Å². The lowest BCUT2D eigenvalue weighted by Gasteiger charge is -2.28. The Balaban J connectivity index is 1.61. The van der Waals surface area contributed by atoms with Gasteiger partial charge in [0.05, 0.1) is 18.8 Å². The fourth-order valence-corrected chi connectivity index (χ4v) is 2.75. The third-order valence-corrected chi connectivity index (χ3v) is 4.31. The number of carbonyl (C=O) groups is 1. The van der Waals surface area contributed by atoms with Crippen molar-refractivity contribution in [2.75, 3.05) is 18.5 Å². The first-order valence-corrected chi connectivity index (χ1v) is 8.65. The predicted molar refractivity (Wildman–Crippen MR) is 94.9 cm³/mol. The summed E-state index contributed by atoms with van der Waals surface area (Å²) >= 11 is 0. The molecule has 0 aliphatic carbocycles. The molecule has 0 saturated carbocycles.